The van der Waals surface area contributed by atoms with Crippen molar-refractivity contribution < 1.29 is 0 Å². The molecule has 1 aliphatic heterocycles. The first kappa shape index (κ1) is 14.5. The van der Waals surface area contributed by atoms with E-state index in [-0.39, 0.29) is 11.3 Å². The van der Waals surface area contributed by atoms with Crippen LogP contribution >= 0.6 is 22.9 Å². The largest absolute Gasteiger partial charge is 0.351 e. The van der Waals surface area contributed by atoms with Crippen molar-refractivity contribution in [3.05, 3.63) is 27.7 Å². The van der Waals surface area contributed by atoms with Crippen LogP contribution in [0.5, 0.6) is 0 Å². The summed E-state index contributed by atoms with van der Waals surface area (Å²) in [6.45, 7) is 4.10. The fourth-order valence-electron chi connectivity index (χ4n) is 2.50. The van der Waals surface area contributed by atoms with Crippen LogP contribution in [0.15, 0.2) is 16.8 Å². The maximum atomic E-state index is 6.03. The molecule has 2 aromatic heterocycles. The second-order valence-corrected chi connectivity index (χ2v) is 6.42. The van der Waals surface area contributed by atoms with E-state index in [1.165, 1.54) is 18.4 Å². The third kappa shape index (κ3) is 3.83. The molecule has 112 valence electrons. The molecule has 0 amide bonds. The molecular formula is C14H18ClN5S. The monoisotopic (exact) mass is 323 g/mol. The summed E-state index contributed by atoms with van der Waals surface area (Å²) in [5.41, 5.74) is 1.32. The lowest BCUT2D eigenvalue weighted by molar-refractivity contribution is 0.772. The second-order valence-electron chi connectivity index (χ2n) is 5.30. The van der Waals surface area contributed by atoms with E-state index in [0.717, 1.165) is 19.5 Å². The van der Waals surface area contributed by atoms with Gasteiger partial charge in [0.25, 0.3) is 0 Å². The predicted molar refractivity (Wildman–Crippen MR) is 87.4 cm³/mol. The second kappa shape index (κ2) is 6.58. The zero-order valence-electron chi connectivity index (χ0n) is 11.9. The van der Waals surface area contributed by atoms with E-state index in [1.54, 1.807) is 11.3 Å². The Morgan fingerprint density at radius 3 is 2.86 bits per heavy atom. The van der Waals surface area contributed by atoms with Crippen LogP contribution in [-0.4, -0.2) is 34.1 Å². The van der Waals surface area contributed by atoms with Crippen molar-refractivity contribution in [3.8, 4) is 0 Å². The molecule has 21 heavy (non-hydrogen) atoms. The Morgan fingerprint density at radius 2 is 2.14 bits per heavy atom. The molecule has 1 atom stereocenters. The smallest absolute Gasteiger partial charge is 0.231 e. The molecule has 0 aromatic carbocycles. The van der Waals surface area contributed by atoms with Gasteiger partial charge in [-0.2, -0.15) is 26.3 Å². The highest BCUT2D eigenvalue weighted by molar-refractivity contribution is 7.07. The summed E-state index contributed by atoms with van der Waals surface area (Å²) in [5, 5.41) is 7.82. The zero-order chi connectivity index (χ0) is 14.7. The van der Waals surface area contributed by atoms with Crippen LogP contribution in [0.25, 0.3) is 0 Å². The number of thiophene rings is 1. The van der Waals surface area contributed by atoms with Crippen LogP contribution < -0.4 is 10.2 Å². The number of rotatable bonds is 5. The maximum Gasteiger partial charge on any atom is 0.231 e. The number of nitrogens with one attached hydrogen (secondary N) is 1. The Morgan fingerprint density at radius 1 is 1.33 bits per heavy atom. The molecule has 0 aliphatic carbocycles. The van der Waals surface area contributed by atoms with Crippen LogP contribution in [0.3, 0.4) is 0 Å². The van der Waals surface area contributed by atoms with Crippen molar-refractivity contribution in [3.63, 3.8) is 0 Å². The molecule has 2 aromatic rings. The quantitative estimate of drug-likeness (QED) is 0.915. The number of nitrogens with zero attached hydrogens (tertiary/aromatic N) is 4. The van der Waals surface area contributed by atoms with Gasteiger partial charge in [0, 0.05) is 19.1 Å². The molecule has 5 nitrogen and oxygen atoms in total. The topological polar surface area (TPSA) is 53.9 Å². The summed E-state index contributed by atoms with van der Waals surface area (Å²) in [7, 11) is 0. The van der Waals surface area contributed by atoms with Crippen molar-refractivity contribution in [2.24, 2.45) is 0 Å². The highest BCUT2D eigenvalue weighted by Gasteiger charge is 2.17. The van der Waals surface area contributed by atoms with Gasteiger partial charge >= 0.3 is 0 Å². The lowest BCUT2D eigenvalue weighted by Crippen LogP contribution is -2.24. The first-order valence-corrected chi connectivity index (χ1v) is 8.47. The van der Waals surface area contributed by atoms with Gasteiger partial charge in [-0.15, -0.1) is 0 Å². The highest BCUT2D eigenvalue weighted by atomic mass is 35.5. The number of halogens is 1. The van der Waals surface area contributed by atoms with Crippen LogP contribution in [-0.2, 0) is 6.42 Å². The lowest BCUT2D eigenvalue weighted by atomic mass is 10.1. The summed E-state index contributed by atoms with van der Waals surface area (Å²) in [6, 6.07) is 2.38. The summed E-state index contributed by atoms with van der Waals surface area (Å²) < 4.78 is 0. The molecule has 0 bridgehead atoms. The van der Waals surface area contributed by atoms with E-state index in [4.69, 9.17) is 11.6 Å². The van der Waals surface area contributed by atoms with E-state index in [0.29, 0.717) is 11.9 Å². The number of hydrogen-bond donors (Lipinski definition) is 1. The molecule has 1 N–H and O–H groups in total. The van der Waals surface area contributed by atoms with Gasteiger partial charge in [-0.05, 0) is 60.2 Å². The predicted octanol–water partition coefficient (Wildman–Crippen LogP) is 3.23. The molecule has 1 saturated heterocycles. The van der Waals surface area contributed by atoms with Crippen molar-refractivity contribution in [2.75, 3.05) is 23.3 Å². The number of aromatic nitrogens is 3. The Balaban J connectivity index is 1.69. The lowest BCUT2D eigenvalue weighted by Gasteiger charge is -2.17. The molecule has 0 saturated carbocycles. The molecule has 1 aliphatic rings. The molecule has 1 fully saturated rings. The number of anilines is 2. The van der Waals surface area contributed by atoms with Gasteiger partial charge in [-0.25, -0.2) is 0 Å². The summed E-state index contributed by atoms with van der Waals surface area (Å²) in [6.07, 6.45) is 3.30. The Bertz CT molecular complexity index is 583. The molecule has 1 unspecified atom stereocenters. The fourth-order valence-corrected chi connectivity index (χ4v) is 3.33. The fraction of sp³-hybridized carbons (Fsp3) is 0.500. The van der Waals surface area contributed by atoms with Gasteiger partial charge in [-0.1, -0.05) is 0 Å². The van der Waals surface area contributed by atoms with Gasteiger partial charge in [0.05, 0.1) is 0 Å². The average Bonchev–Trinajstić information content (AvgIpc) is 3.10. The van der Waals surface area contributed by atoms with E-state index in [9.17, 15) is 0 Å². The third-order valence-corrected chi connectivity index (χ3v) is 4.38. The Kier molecular flexibility index (Phi) is 4.55. The molecule has 3 rings (SSSR count). The van der Waals surface area contributed by atoms with Crippen molar-refractivity contribution in [2.45, 2.75) is 32.2 Å². The summed E-state index contributed by atoms with van der Waals surface area (Å²) in [4.78, 5) is 15.1. The molecule has 3 heterocycles. The van der Waals surface area contributed by atoms with Crippen molar-refractivity contribution in [1.82, 2.24) is 15.0 Å². The average molecular weight is 324 g/mol. The normalized spacial score (nSPS) is 16.2. The van der Waals surface area contributed by atoms with Crippen LogP contribution in [0, 0.1) is 0 Å². The first-order chi connectivity index (χ1) is 10.2. The summed E-state index contributed by atoms with van der Waals surface area (Å²) >= 11 is 7.74. The van der Waals surface area contributed by atoms with Crippen LogP contribution in [0.2, 0.25) is 5.28 Å². The standard InChI is InChI=1S/C14H18ClN5S/c1-10(8-11-4-7-21-9-11)16-13-17-12(15)18-14(19-13)20-5-2-3-6-20/h4,7,9-10H,2-3,5-6,8H2,1H3,(H,16,17,18,19). The van der Waals surface area contributed by atoms with E-state index < -0.39 is 0 Å². The molecular weight excluding hydrogens is 306 g/mol. The number of hydrogen-bond acceptors (Lipinski definition) is 6. The summed E-state index contributed by atoms with van der Waals surface area (Å²) in [5.74, 6) is 1.23. The minimum atomic E-state index is 0.240. The molecule has 0 radical (unpaired) electrons. The van der Waals surface area contributed by atoms with E-state index in [2.05, 4.69) is 48.9 Å². The highest BCUT2D eigenvalue weighted by Crippen LogP contribution is 2.19. The van der Waals surface area contributed by atoms with Gasteiger partial charge in [-0.3, -0.25) is 0 Å². The SMILES string of the molecule is CC(Cc1ccsc1)Nc1nc(Cl)nc(N2CCCC2)n1. The molecule has 7 heteroatoms. The van der Waals surface area contributed by atoms with Gasteiger partial charge in [0.2, 0.25) is 17.2 Å². The minimum Gasteiger partial charge on any atom is -0.351 e. The Labute approximate surface area is 133 Å². The van der Waals surface area contributed by atoms with Gasteiger partial charge in [0.15, 0.2) is 0 Å². The van der Waals surface area contributed by atoms with E-state index in [1.807, 2.05) is 0 Å². The van der Waals surface area contributed by atoms with Crippen LogP contribution in [0.4, 0.5) is 11.9 Å². The van der Waals surface area contributed by atoms with Gasteiger partial charge in [0.1, 0.15) is 0 Å². The van der Waals surface area contributed by atoms with Crippen molar-refractivity contribution in [1.29, 1.82) is 0 Å². The third-order valence-electron chi connectivity index (χ3n) is 3.48. The Hall–Kier alpha value is -1.40. The van der Waals surface area contributed by atoms with Crippen molar-refractivity contribution >= 4 is 34.8 Å². The van der Waals surface area contributed by atoms with Crippen LogP contribution in [0.1, 0.15) is 25.3 Å². The minimum absolute atomic E-state index is 0.240. The van der Waals surface area contributed by atoms with E-state index >= 15 is 0 Å². The van der Waals surface area contributed by atoms with Gasteiger partial charge < -0.3 is 10.2 Å². The molecule has 0 spiro atoms. The zero-order valence-corrected chi connectivity index (χ0v) is 13.5. The maximum absolute atomic E-state index is 6.03. The first-order valence-electron chi connectivity index (χ1n) is 7.15.